The Hall–Kier alpha value is -2.16. The summed E-state index contributed by atoms with van der Waals surface area (Å²) in [6, 6.07) is 14.6. The van der Waals surface area contributed by atoms with Gasteiger partial charge in [-0.3, -0.25) is 9.78 Å². The molecule has 1 aliphatic heterocycles. The van der Waals surface area contributed by atoms with E-state index in [4.69, 9.17) is 4.98 Å². The molecule has 0 radical (unpaired) electrons. The minimum absolute atomic E-state index is 0.182. The van der Waals surface area contributed by atoms with Gasteiger partial charge in [-0.1, -0.05) is 43.2 Å². The average Bonchev–Trinajstić information content (AvgIpc) is 2.67. The fourth-order valence-electron chi connectivity index (χ4n) is 4.59. The number of hydrogen-bond acceptors (Lipinski definition) is 2. The van der Waals surface area contributed by atoms with Crippen LogP contribution in [0, 0.1) is 12.8 Å². The lowest BCUT2D eigenvalue weighted by atomic mass is 9.78. The van der Waals surface area contributed by atoms with E-state index < -0.39 is 0 Å². The smallest absolute Gasteiger partial charge is 0.255 e. The standard InChI is InChI=1S/C22H26N2O/c1-16-19(13-14-20(23-16)17-8-3-2-4-9-17)22(25)24-15-7-11-18-10-5-6-12-21(18)24/h2-4,8-9,13-14,18,21H,5-7,10-12,15H2,1H3/t18-,21-/m1/s1. The van der Waals surface area contributed by atoms with E-state index in [0.717, 1.165) is 35.5 Å². The van der Waals surface area contributed by atoms with Crippen LogP contribution in [0.15, 0.2) is 42.5 Å². The summed E-state index contributed by atoms with van der Waals surface area (Å²) < 4.78 is 0. The fourth-order valence-corrected chi connectivity index (χ4v) is 4.59. The Morgan fingerprint density at radius 2 is 1.76 bits per heavy atom. The molecular weight excluding hydrogens is 308 g/mol. The molecule has 1 amide bonds. The van der Waals surface area contributed by atoms with Crippen LogP contribution < -0.4 is 0 Å². The van der Waals surface area contributed by atoms with Gasteiger partial charge in [-0.25, -0.2) is 0 Å². The summed E-state index contributed by atoms with van der Waals surface area (Å²) in [5, 5.41) is 0. The molecule has 0 N–H and O–H groups in total. The molecule has 1 aliphatic carbocycles. The Kier molecular flexibility index (Phi) is 4.56. The van der Waals surface area contributed by atoms with Gasteiger partial charge >= 0.3 is 0 Å². The minimum Gasteiger partial charge on any atom is -0.335 e. The first-order chi connectivity index (χ1) is 12.2. The van der Waals surface area contributed by atoms with Gasteiger partial charge in [0.1, 0.15) is 0 Å². The number of hydrogen-bond donors (Lipinski definition) is 0. The van der Waals surface area contributed by atoms with E-state index in [1.807, 2.05) is 37.3 Å². The molecule has 3 heteroatoms. The molecule has 3 nitrogen and oxygen atoms in total. The van der Waals surface area contributed by atoms with Gasteiger partial charge in [0, 0.05) is 18.2 Å². The van der Waals surface area contributed by atoms with Gasteiger partial charge in [0.15, 0.2) is 0 Å². The molecular formula is C22H26N2O. The minimum atomic E-state index is 0.182. The molecule has 4 rings (SSSR count). The van der Waals surface area contributed by atoms with Crippen molar-refractivity contribution in [1.82, 2.24) is 9.88 Å². The van der Waals surface area contributed by atoms with Crippen LogP contribution in [0.1, 0.15) is 54.6 Å². The van der Waals surface area contributed by atoms with Crippen molar-refractivity contribution in [3.63, 3.8) is 0 Å². The van der Waals surface area contributed by atoms with Crippen LogP contribution in [-0.4, -0.2) is 28.4 Å². The molecule has 2 heterocycles. The Morgan fingerprint density at radius 1 is 1.00 bits per heavy atom. The Labute approximate surface area is 150 Å². The zero-order chi connectivity index (χ0) is 17.2. The molecule has 2 fully saturated rings. The molecule has 2 atom stereocenters. The van der Waals surface area contributed by atoms with Crippen molar-refractivity contribution in [2.24, 2.45) is 5.92 Å². The van der Waals surface area contributed by atoms with Crippen LogP contribution in [0.4, 0.5) is 0 Å². The molecule has 2 aliphatic rings. The number of carbonyl (C=O) groups excluding carboxylic acids is 1. The van der Waals surface area contributed by atoms with E-state index in [2.05, 4.69) is 17.0 Å². The van der Waals surface area contributed by atoms with E-state index in [1.165, 1.54) is 32.1 Å². The number of rotatable bonds is 2. The number of likely N-dealkylation sites (tertiary alicyclic amines) is 1. The van der Waals surface area contributed by atoms with E-state index in [1.54, 1.807) is 0 Å². The Morgan fingerprint density at radius 3 is 2.56 bits per heavy atom. The predicted molar refractivity (Wildman–Crippen MR) is 100 cm³/mol. The number of fused-ring (bicyclic) bond motifs is 1. The molecule has 0 unspecified atom stereocenters. The number of nitrogens with zero attached hydrogens (tertiary/aromatic N) is 2. The summed E-state index contributed by atoms with van der Waals surface area (Å²) in [5.41, 5.74) is 3.63. The molecule has 2 aromatic rings. The molecule has 1 saturated heterocycles. The van der Waals surface area contributed by atoms with Crippen LogP contribution in [0.5, 0.6) is 0 Å². The second-order valence-corrected chi connectivity index (χ2v) is 7.45. The van der Waals surface area contributed by atoms with Crippen molar-refractivity contribution in [1.29, 1.82) is 0 Å². The largest absolute Gasteiger partial charge is 0.335 e. The second-order valence-electron chi connectivity index (χ2n) is 7.45. The summed E-state index contributed by atoms with van der Waals surface area (Å²) in [6.45, 7) is 2.86. The second kappa shape index (κ2) is 6.99. The maximum Gasteiger partial charge on any atom is 0.255 e. The van der Waals surface area contributed by atoms with Gasteiger partial charge in [-0.15, -0.1) is 0 Å². The lowest BCUT2D eigenvalue weighted by Crippen LogP contribution is -2.49. The highest BCUT2D eigenvalue weighted by molar-refractivity contribution is 5.95. The first kappa shape index (κ1) is 16.3. The van der Waals surface area contributed by atoms with E-state index in [-0.39, 0.29) is 5.91 Å². The van der Waals surface area contributed by atoms with Crippen LogP contribution in [0.2, 0.25) is 0 Å². The summed E-state index contributed by atoms with van der Waals surface area (Å²) in [6.07, 6.45) is 7.48. The Balaban J connectivity index is 1.59. The molecule has 0 bridgehead atoms. The molecule has 1 aromatic heterocycles. The molecule has 25 heavy (non-hydrogen) atoms. The van der Waals surface area contributed by atoms with Crippen LogP contribution in [0.25, 0.3) is 11.3 Å². The summed E-state index contributed by atoms with van der Waals surface area (Å²) in [7, 11) is 0. The van der Waals surface area contributed by atoms with Crippen molar-refractivity contribution in [2.75, 3.05) is 6.54 Å². The molecule has 130 valence electrons. The molecule has 0 spiro atoms. The number of piperidine rings is 1. The highest BCUT2D eigenvalue weighted by Crippen LogP contribution is 2.36. The van der Waals surface area contributed by atoms with Gasteiger partial charge in [0.25, 0.3) is 5.91 Å². The molecule has 1 aromatic carbocycles. The first-order valence-corrected chi connectivity index (χ1v) is 9.58. The Bertz CT molecular complexity index is 754. The van der Waals surface area contributed by atoms with E-state index >= 15 is 0 Å². The van der Waals surface area contributed by atoms with Crippen molar-refractivity contribution >= 4 is 5.91 Å². The third-order valence-corrected chi connectivity index (χ3v) is 5.89. The van der Waals surface area contributed by atoms with Crippen LogP contribution in [0.3, 0.4) is 0 Å². The third-order valence-electron chi connectivity index (χ3n) is 5.89. The molecule has 1 saturated carbocycles. The quantitative estimate of drug-likeness (QED) is 0.786. The van der Waals surface area contributed by atoms with E-state index in [9.17, 15) is 4.79 Å². The highest BCUT2D eigenvalue weighted by atomic mass is 16.2. The SMILES string of the molecule is Cc1nc(-c2ccccc2)ccc1C(=O)N1CCC[C@H]2CCCC[C@H]21. The van der Waals surface area contributed by atoms with Gasteiger partial charge < -0.3 is 4.90 Å². The van der Waals surface area contributed by atoms with E-state index in [0.29, 0.717) is 12.0 Å². The lowest BCUT2D eigenvalue weighted by Gasteiger charge is -2.44. The summed E-state index contributed by atoms with van der Waals surface area (Å²) >= 11 is 0. The van der Waals surface area contributed by atoms with Gasteiger partial charge in [-0.05, 0) is 50.7 Å². The average molecular weight is 334 g/mol. The van der Waals surface area contributed by atoms with Crippen molar-refractivity contribution in [2.45, 2.75) is 51.5 Å². The van der Waals surface area contributed by atoms with Gasteiger partial charge in [-0.2, -0.15) is 0 Å². The monoisotopic (exact) mass is 334 g/mol. The van der Waals surface area contributed by atoms with Crippen molar-refractivity contribution < 1.29 is 4.79 Å². The number of carbonyl (C=O) groups is 1. The van der Waals surface area contributed by atoms with Crippen LogP contribution >= 0.6 is 0 Å². The normalized spacial score (nSPS) is 23.2. The number of amides is 1. The zero-order valence-electron chi connectivity index (χ0n) is 14.9. The number of aryl methyl sites for hydroxylation is 1. The van der Waals surface area contributed by atoms with Crippen LogP contribution in [-0.2, 0) is 0 Å². The van der Waals surface area contributed by atoms with Gasteiger partial charge in [0.2, 0.25) is 0 Å². The summed E-state index contributed by atoms with van der Waals surface area (Å²) in [4.78, 5) is 20.1. The third kappa shape index (κ3) is 3.20. The topological polar surface area (TPSA) is 33.2 Å². The highest BCUT2D eigenvalue weighted by Gasteiger charge is 2.36. The lowest BCUT2D eigenvalue weighted by molar-refractivity contribution is 0.0389. The number of aromatic nitrogens is 1. The summed E-state index contributed by atoms with van der Waals surface area (Å²) in [5.74, 6) is 0.893. The maximum atomic E-state index is 13.2. The predicted octanol–water partition coefficient (Wildman–Crippen LogP) is 4.85. The first-order valence-electron chi connectivity index (χ1n) is 9.58. The number of pyridine rings is 1. The van der Waals surface area contributed by atoms with Crippen molar-refractivity contribution in [3.8, 4) is 11.3 Å². The maximum absolute atomic E-state index is 13.2. The fraction of sp³-hybridized carbons (Fsp3) is 0.455. The zero-order valence-corrected chi connectivity index (χ0v) is 14.9. The van der Waals surface area contributed by atoms with Crippen molar-refractivity contribution in [3.05, 3.63) is 53.7 Å². The number of benzene rings is 1. The van der Waals surface area contributed by atoms with Gasteiger partial charge in [0.05, 0.1) is 17.0 Å².